The van der Waals surface area contributed by atoms with Crippen molar-refractivity contribution in [2.75, 3.05) is 11.9 Å². The van der Waals surface area contributed by atoms with Gasteiger partial charge in [-0.05, 0) is 19.1 Å². The van der Waals surface area contributed by atoms with Crippen molar-refractivity contribution in [3.63, 3.8) is 0 Å². The Kier molecular flexibility index (Phi) is 5.67. The Morgan fingerprint density at radius 1 is 1.33 bits per heavy atom. The number of nitrogens with zero attached hydrogens (tertiary/aromatic N) is 2. The minimum absolute atomic E-state index is 0.174. The van der Waals surface area contributed by atoms with Gasteiger partial charge in [0.05, 0.1) is 18.4 Å². The summed E-state index contributed by atoms with van der Waals surface area (Å²) in [5.74, 6) is 0.681. The highest BCUT2D eigenvalue weighted by Crippen LogP contribution is 2.18. The molecule has 0 saturated carbocycles. The van der Waals surface area contributed by atoms with Gasteiger partial charge >= 0.3 is 12.2 Å². The first-order valence-corrected chi connectivity index (χ1v) is 7.17. The lowest BCUT2D eigenvalue weighted by atomic mass is 10.3. The van der Waals surface area contributed by atoms with Crippen LogP contribution in [0.15, 0.2) is 42.7 Å². The molecular weight excluding hydrogens is 325 g/mol. The van der Waals surface area contributed by atoms with Crippen LogP contribution < -0.4 is 15.4 Å². The Morgan fingerprint density at radius 3 is 2.71 bits per heavy atom. The van der Waals surface area contributed by atoms with Crippen LogP contribution in [-0.4, -0.2) is 34.6 Å². The molecule has 2 amide bonds. The smallest absolute Gasteiger partial charge is 0.408 e. The molecule has 1 heterocycles. The molecule has 0 aliphatic rings. The number of rotatable bonds is 6. The number of para-hydroxylation sites is 1. The highest BCUT2D eigenvalue weighted by atomic mass is 19.4. The molecule has 0 fully saturated rings. The van der Waals surface area contributed by atoms with Gasteiger partial charge in [0.2, 0.25) is 0 Å². The Bertz CT molecular complexity index is 658. The number of hydrogen-bond acceptors (Lipinski definition) is 3. The largest absolute Gasteiger partial charge is 0.489 e. The van der Waals surface area contributed by atoms with Gasteiger partial charge in [-0.2, -0.15) is 18.3 Å². The number of carbonyl (C=O) groups is 1. The summed E-state index contributed by atoms with van der Waals surface area (Å²) in [5.41, 5.74) is 0.174. The number of urea groups is 1. The molecule has 9 heteroatoms. The van der Waals surface area contributed by atoms with E-state index < -0.39 is 18.8 Å². The Hall–Kier alpha value is -2.71. The van der Waals surface area contributed by atoms with Gasteiger partial charge in [0, 0.05) is 6.20 Å². The molecule has 0 aliphatic carbocycles. The van der Waals surface area contributed by atoms with E-state index in [1.807, 2.05) is 18.2 Å². The Balaban J connectivity index is 1.75. The van der Waals surface area contributed by atoms with Crippen LogP contribution in [0.1, 0.15) is 6.92 Å². The van der Waals surface area contributed by atoms with Crippen molar-refractivity contribution < 1.29 is 22.7 Å². The first kappa shape index (κ1) is 17.6. The van der Waals surface area contributed by atoms with E-state index in [0.29, 0.717) is 10.4 Å². The van der Waals surface area contributed by atoms with E-state index in [0.717, 1.165) is 12.4 Å². The number of anilines is 1. The van der Waals surface area contributed by atoms with Gasteiger partial charge in [-0.15, -0.1) is 0 Å². The van der Waals surface area contributed by atoms with Crippen LogP contribution in [0.2, 0.25) is 0 Å². The van der Waals surface area contributed by atoms with Crippen LogP contribution in [0.3, 0.4) is 0 Å². The summed E-state index contributed by atoms with van der Waals surface area (Å²) in [6.45, 7) is 0.810. The van der Waals surface area contributed by atoms with Crippen molar-refractivity contribution in [1.29, 1.82) is 0 Å². The molecule has 130 valence electrons. The molecule has 2 N–H and O–H groups in total. The van der Waals surface area contributed by atoms with Crippen molar-refractivity contribution in [3.8, 4) is 5.75 Å². The molecule has 1 atom stereocenters. The van der Waals surface area contributed by atoms with E-state index in [-0.39, 0.29) is 18.3 Å². The lowest BCUT2D eigenvalue weighted by Gasteiger charge is -2.15. The summed E-state index contributed by atoms with van der Waals surface area (Å²) in [4.78, 5) is 11.7. The molecular formula is C15H17F3N4O2. The van der Waals surface area contributed by atoms with Crippen LogP contribution in [0.25, 0.3) is 0 Å². The van der Waals surface area contributed by atoms with Crippen LogP contribution in [0, 0.1) is 0 Å². The number of carbonyl (C=O) groups excluding carboxylic acids is 1. The standard InChI is InChI=1S/C15H17F3N4O2/c1-11(24-13-5-3-2-4-6-13)7-19-14(23)21-12-8-20-22(9-12)10-15(16,17)18/h2-6,8-9,11H,7,10H2,1H3,(H2,19,21,23)/t11-/m0/s1. The predicted molar refractivity (Wildman–Crippen MR) is 81.8 cm³/mol. The highest BCUT2D eigenvalue weighted by Gasteiger charge is 2.28. The second-order valence-electron chi connectivity index (χ2n) is 5.12. The SMILES string of the molecule is C[C@@H](CNC(=O)Nc1cnn(CC(F)(F)F)c1)Oc1ccccc1. The molecule has 0 bridgehead atoms. The second-order valence-corrected chi connectivity index (χ2v) is 5.12. The molecule has 0 radical (unpaired) electrons. The number of ether oxygens (including phenoxy) is 1. The molecule has 6 nitrogen and oxygen atoms in total. The molecule has 0 spiro atoms. The summed E-state index contributed by atoms with van der Waals surface area (Å²) in [7, 11) is 0. The van der Waals surface area contributed by atoms with Gasteiger partial charge in [-0.1, -0.05) is 18.2 Å². The number of benzene rings is 1. The first-order chi connectivity index (χ1) is 11.3. The number of alkyl halides is 3. The second kappa shape index (κ2) is 7.71. The lowest BCUT2D eigenvalue weighted by molar-refractivity contribution is -0.142. The van der Waals surface area contributed by atoms with Crippen molar-refractivity contribution in [2.24, 2.45) is 0 Å². The maximum atomic E-state index is 12.2. The zero-order chi connectivity index (χ0) is 17.6. The lowest BCUT2D eigenvalue weighted by Crippen LogP contribution is -2.36. The number of hydrogen-bond donors (Lipinski definition) is 2. The fourth-order valence-electron chi connectivity index (χ4n) is 1.88. The number of halogens is 3. The van der Waals surface area contributed by atoms with E-state index in [9.17, 15) is 18.0 Å². The quantitative estimate of drug-likeness (QED) is 0.848. The zero-order valence-electron chi connectivity index (χ0n) is 12.9. The predicted octanol–water partition coefficient (Wildman–Crippen LogP) is 3.03. The minimum atomic E-state index is -4.37. The molecule has 1 aromatic carbocycles. The highest BCUT2D eigenvalue weighted by molar-refractivity contribution is 5.88. The number of aromatic nitrogens is 2. The summed E-state index contributed by atoms with van der Waals surface area (Å²) in [6, 6.07) is 8.58. The van der Waals surface area contributed by atoms with Gasteiger partial charge < -0.3 is 15.4 Å². The van der Waals surface area contributed by atoms with Crippen LogP contribution in [0.5, 0.6) is 5.75 Å². The Morgan fingerprint density at radius 2 is 2.04 bits per heavy atom. The fourth-order valence-corrected chi connectivity index (χ4v) is 1.88. The van der Waals surface area contributed by atoms with E-state index in [1.54, 1.807) is 19.1 Å². The zero-order valence-corrected chi connectivity index (χ0v) is 12.9. The van der Waals surface area contributed by atoms with Gasteiger partial charge in [0.15, 0.2) is 0 Å². The van der Waals surface area contributed by atoms with Gasteiger partial charge in [0.1, 0.15) is 18.4 Å². The molecule has 0 unspecified atom stereocenters. The molecule has 1 aromatic heterocycles. The average Bonchev–Trinajstić information content (AvgIpc) is 2.91. The third-order valence-electron chi connectivity index (χ3n) is 2.86. The van der Waals surface area contributed by atoms with Crippen molar-refractivity contribution in [1.82, 2.24) is 15.1 Å². The topological polar surface area (TPSA) is 68.2 Å². The van der Waals surface area contributed by atoms with E-state index in [4.69, 9.17) is 4.74 Å². The van der Waals surface area contributed by atoms with Crippen LogP contribution >= 0.6 is 0 Å². The van der Waals surface area contributed by atoms with Crippen LogP contribution in [0.4, 0.5) is 23.7 Å². The maximum absolute atomic E-state index is 12.2. The summed E-state index contributed by atoms with van der Waals surface area (Å²) >= 11 is 0. The maximum Gasteiger partial charge on any atom is 0.408 e. The number of nitrogens with one attached hydrogen (secondary N) is 2. The molecule has 0 aliphatic heterocycles. The monoisotopic (exact) mass is 342 g/mol. The first-order valence-electron chi connectivity index (χ1n) is 7.17. The van der Waals surface area contributed by atoms with Crippen molar-refractivity contribution in [2.45, 2.75) is 25.7 Å². The van der Waals surface area contributed by atoms with Crippen LogP contribution in [-0.2, 0) is 6.54 Å². The van der Waals surface area contributed by atoms with Gasteiger partial charge in [-0.3, -0.25) is 4.68 Å². The molecule has 0 saturated heterocycles. The fraction of sp³-hybridized carbons (Fsp3) is 0.333. The van der Waals surface area contributed by atoms with Crippen molar-refractivity contribution >= 4 is 11.7 Å². The average molecular weight is 342 g/mol. The number of amides is 2. The normalized spacial score (nSPS) is 12.5. The molecule has 24 heavy (non-hydrogen) atoms. The van der Waals surface area contributed by atoms with Crippen molar-refractivity contribution in [3.05, 3.63) is 42.7 Å². The minimum Gasteiger partial charge on any atom is -0.489 e. The van der Waals surface area contributed by atoms with Gasteiger partial charge in [-0.25, -0.2) is 4.79 Å². The molecule has 2 rings (SSSR count). The third-order valence-corrected chi connectivity index (χ3v) is 2.86. The molecule has 2 aromatic rings. The summed E-state index contributed by atoms with van der Waals surface area (Å²) in [5, 5.41) is 8.52. The van der Waals surface area contributed by atoms with Gasteiger partial charge in [0.25, 0.3) is 0 Å². The third kappa shape index (κ3) is 6.19. The van der Waals surface area contributed by atoms with E-state index in [2.05, 4.69) is 15.7 Å². The summed E-state index contributed by atoms with van der Waals surface area (Å²) in [6.07, 6.45) is -2.38. The summed E-state index contributed by atoms with van der Waals surface area (Å²) < 4.78 is 43.0. The van der Waals surface area contributed by atoms with E-state index >= 15 is 0 Å². The Labute approximate surface area is 136 Å². The van der Waals surface area contributed by atoms with E-state index in [1.165, 1.54) is 0 Å².